The highest BCUT2D eigenvalue weighted by Gasteiger charge is 2.28. The molecule has 0 unspecified atom stereocenters. The summed E-state index contributed by atoms with van der Waals surface area (Å²) in [6, 6.07) is 0. The highest BCUT2D eigenvalue weighted by Crippen LogP contribution is 2.29. The first-order chi connectivity index (χ1) is 27.4. The number of hydrogen-bond acceptors (Lipinski definition) is 14. The lowest BCUT2D eigenvalue weighted by molar-refractivity contribution is -0.136. The number of unbranched alkanes of at least 4 members (excludes halogenated alkanes) is 3. The van der Waals surface area contributed by atoms with Crippen molar-refractivity contribution >= 4 is 5.97 Å². The smallest absolute Gasteiger partial charge is 0.313 e. The number of ether oxygens (including phenoxy) is 13. The van der Waals surface area contributed by atoms with E-state index in [-0.39, 0.29) is 26.4 Å². The molecule has 14 nitrogen and oxygen atoms in total. The molecule has 0 aliphatic carbocycles. The van der Waals surface area contributed by atoms with E-state index in [1.165, 1.54) is 19.3 Å². The van der Waals surface area contributed by atoms with Gasteiger partial charge in [-0.05, 0) is 6.42 Å². The zero-order valence-corrected chi connectivity index (χ0v) is 32.6. The van der Waals surface area contributed by atoms with Crippen LogP contribution in [0.5, 0.6) is 5.75 Å². The van der Waals surface area contributed by atoms with Crippen LogP contribution in [0.25, 0.3) is 0 Å². The SMILES string of the molecule is CCCCCCOCCOCCOCCOCCOCCOCCOCCOCCOCCOCCOCCOCCC(=O)Oc1c(F)c(F)c(F)c(F)c1F. The average Bonchev–Trinajstić information content (AvgIpc) is 3.20. The lowest BCUT2D eigenvalue weighted by atomic mass is 10.2. The Morgan fingerprint density at radius 3 is 0.875 bits per heavy atom. The third-order valence-corrected chi connectivity index (χ3v) is 7.07. The van der Waals surface area contributed by atoms with Crippen LogP contribution in [0.4, 0.5) is 22.0 Å². The van der Waals surface area contributed by atoms with Gasteiger partial charge in [0.15, 0.2) is 0 Å². The van der Waals surface area contributed by atoms with Crippen LogP contribution < -0.4 is 4.74 Å². The van der Waals surface area contributed by atoms with Crippen LogP contribution in [0.15, 0.2) is 0 Å². The number of hydrogen-bond donors (Lipinski definition) is 0. The third kappa shape index (κ3) is 29.1. The minimum Gasteiger partial charge on any atom is -0.420 e. The fraction of sp³-hybridized carbons (Fsp3) is 0.811. The van der Waals surface area contributed by atoms with Crippen molar-refractivity contribution in [2.45, 2.75) is 39.0 Å². The molecular formula is C37H61F5O14. The molecule has 1 aromatic carbocycles. The highest BCUT2D eigenvalue weighted by atomic mass is 19.2. The predicted molar refractivity (Wildman–Crippen MR) is 190 cm³/mol. The van der Waals surface area contributed by atoms with Crippen LogP contribution in [0.1, 0.15) is 39.0 Å². The van der Waals surface area contributed by atoms with Crippen LogP contribution in [0, 0.1) is 29.1 Å². The quantitative estimate of drug-likeness (QED) is 0.0229. The van der Waals surface area contributed by atoms with E-state index in [0.717, 1.165) is 13.0 Å². The van der Waals surface area contributed by atoms with Crippen LogP contribution in [-0.4, -0.2) is 165 Å². The van der Waals surface area contributed by atoms with E-state index in [9.17, 15) is 26.7 Å². The second-order valence-corrected chi connectivity index (χ2v) is 11.5. The molecule has 0 N–H and O–H groups in total. The van der Waals surface area contributed by atoms with Crippen molar-refractivity contribution < 1.29 is 88.3 Å². The summed E-state index contributed by atoms with van der Waals surface area (Å²) in [4.78, 5) is 11.7. The lowest BCUT2D eigenvalue weighted by Crippen LogP contribution is -2.16. The molecule has 0 aliphatic heterocycles. The predicted octanol–water partition coefficient (Wildman–Crippen LogP) is 4.46. The minimum atomic E-state index is -2.35. The summed E-state index contributed by atoms with van der Waals surface area (Å²) in [6.07, 6.45) is 4.33. The highest BCUT2D eigenvalue weighted by molar-refractivity contribution is 5.72. The molecule has 0 saturated carbocycles. The molecule has 1 rings (SSSR count). The molecule has 0 saturated heterocycles. The van der Waals surface area contributed by atoms with Crippen molar-refractivity contribution in [2.75, 3.05) is 159 Å². The molecule has 0 amide bonds. The summed E-state index contributed by atoms with van der Waals surface area (Å²) in [5.41, 5.74) is 0. The molecule has 19 heteroatoms. The maximum atomic E-state index is 13.6. The molecule has 56 heavy (non-hydrogen) atoms. The number of carbonyl (C=O) groups is 1. The Hall–Kier alpha value is -2.14. The van der Waals surface area contributed by atoms with Crippen LogP contribution in [0.3, 0.4) is 0 Å². The molecular weight excluding hydrogens is 763 g/mol. The molecule has 0 bridgehead atoms. The van der Waals surface area contributed by atoms with Gasteiger partial charge < -0.3 is 61.6 Å². The molecule has 0 heterocycles. The van der Waals surface area contributed by atoms with Gasteiger partial charge in [0.05, 0.1) is 158 Å². The summed E-state index contributed by atoms with van der Waals surface area (Å²) in [5, 5.41) is 0. The maximum absolute atomic E-state index is 13.6. The number of benzene rings is 1. The van der Waals surface area contributed by atoms with Crippen LogP contribution >= 0.6 is 0 Å². The Morgan fingerprint density at radius 2 is 0.589 bits per heavy atom. The first-order valence-electron chi connectivity index (χ1n) is 19.0. The largest absolute Gasteiger partial charge is 0.420 e. The van der Waals surface area contributed by atoms with E-state index in [1.807, 2.05) is 0 Å². The van der Waals surface area contributed by atoms with Gasteiger partial charge in [0.1, 0.15) is 0 Å². The zero-order valence-electron chi connectivity index (χ0n) is 32.6. The minimum absolute atomic E-state index is 0.0798. The third-order valence-electron chi connectivity index (χ3n) is 7.07. The first-order valence-corrected chi connectivity index (χ1v) is 19.0. The van der Waals surface area contributed by atoms with Gasteiger partial charge in [0.25, 0.3) is 0 Å². The van der Waals surface area contributed by atoms with Gasteiger partial charge in [-0.15, -0.1) is 0 Å². The number of carbonyl (C=O) groups excluding carboxylic acids is 1. The van der Waals surface area contributed by atoms with Crippen molar-refractivity contribution in [3.8, 4) is 5.75 Å². The Bertz CT molecular complexity index is 1050. The zero-order chi connectivity index (χ0) is 40.7. The molecule has 0 spiro atoms. The van der Waals surface area contributed by atoms with Gasteiger partial charge in [0, 0.05) is 6.61 Å². The summed E-state index contributed by atoms with van der Waals surface area (Å²) < 4.78 is 136. The fourth-order valence-corrected chi connectivity index (χ4v) is 4.15. The van der Waals surface area contributed by atoms with E-state index in [0.29, 0.717) is 126 Å². The molecule has 0 fully saturated rings. The molecule has 0 radical (unpaired) electrons. The van der Waals surface area contributed by atoms with Gasteiger partial charge in [-0.2, -0.15) is 8.78 Å². The molecule has 0 aliphatic rings. The number of esters is 1. The van der Waals surface area contributed by atoms with Crippen molar-refractivity contribution in [3.05, 3.63) is 29.1 Å². The van der Waals surface area contributed by atoms with Crippen LogP contribution in [-0.2, 0) is 61.6 Å². The lowest BCUT2D eigenvalue weighted by Gasteiger charge is -2.09. The van der Waals surface area contributed by atoms with E-state index in [4.69, 9.17) is 56.8 Å². The van der Waals surface area contributed by atoms with E-state index < -0.39 is 47.2 Å². The van der Waals surface area contributed by atoms with E-state index >= 15 is 0 Å². The summed E-state index contributed by atoms with van der Waals surface area (Å²) >= 11 is 0. The van der Waals surface area contributed by atoms with Gasteiger partial charge in [-0.25, -0.2) is 13.2 Å². The van der Waals surface area contributed by atoms with Gasteiger partial charge >= 0.3 is 5.97 Å². The Labute approximate surface area is 326 Å². The summed E-state index contributed by atoms with van der Waals surface area (Å²) in [5.74, 6) is -14.1. The monoisotopic (exact) mass is 824 g/mol. The fourth-order valence-electron chi connectivity index (χ4n) is 4.15. The first kappa shape index (κ1) is 51.9. The second-order valence-electron chi connectivity index (χ2n) is 11.5. The van der Waals surface area contributed by atoms with Crippen molar-refractivity contribution in [3.63, 3.8) is 0 Å². The topological polar surface area (TPSA) is 137 Å². The van der Waals surface area contributed by atoms with Crippen molar-refractivity contribution in [2.24, 2.45) is 0 Å². The Morgan fingerprint density at radius 1 is 0.339 bits per heavy atom. The number of halogens is 5. The summed E-state index contributed by atoms with van der Waals surface area (Å²) in [7, 11) is 0. The molecule has 1 aromatic rings. The van der Waals surface area contributed by atoms with Crippen molar-refractivity contribution in [1.82, 2.24) is 0 Å². The van der Waals surface area contributed by atoms with Gasteiger partial charge in [-0.1, -0.05) is 26.2 Å². The van der Waals surface area contributed by atoms with Gasteiger partial charge in [0.2, 0.25) is 34.8 Å². The molecule has 328 valence electrons. The average molecular weight is 825 g/mol. The van der Waals surface area contributed by atoms with Gasteiger partial charge in [-0.3, -0.25) is 4.79 Å². The van der Waals surface area contributed by atoms with Crippen molar-refractivity contribution in [1.29, 1.82) is 0 Å². The normalized spacial score (nSPS) is 11.5. The Balaban J connectivity index is 1.70. The molecule has 0 atom stereocenters. The standard InChI is InChI=1S/C37H61F5O14/c1-2-3-4-5-7-44-9-11-46-13-15-48-17-19-50-21-23-52-25-27-54-29-30-55-28-26-53-24-22-51-20-18-49-16-14-47-12-10-45-8-6-31(43)56-37-35(41)33(39)32(38)34(40)36(37)42/h2-30H2,1H3. The Kier molecular flexibility index (Phi) is 35.6. The summed E-state index contributed by atoms with van der Waals surface area (Å²) in [6.45, 7) is 12.1. The number of rotatable bonds is 42. The van der Waals surface area contributed by atoms with Crippen LogP contribution in [0.2, 0.25) is 0 Å². The second kappa shape index (κ2) is 38.4. The van der Waals surface area contributed by atoms with E-state index in [1.54, 1.807) is 0 Å². The molecule has 0 aromatic heterocycles. The maximum Gasteiger partial charge on any atom is 0.313 e. The van der Waals surface area contributed by atoms with E-state index in [2.05, 4.69) is 11.7 Å².